The number of nitrogens with zero attached hydrogens (tertiary/aromatic N) is 3. The van der Waals surface area contributed by atoms with E-state index in [-0.39, 0.29) is 12.1 Å². The first-order valence-corrected chi connectivity index (χ1v) is 11.1. The summed E-state index contributed by atoms with van der Waals surface area (Å²) in [6, 6.07) is 14.8. The number of hydrogen-bond donors (Lipinski definition) is 1. The maximum absolute atomic E-state index is 5.75. The van der Waals surface area contributed by atoms with Gasteiger partial charge in [-0.15, -0.1) is 0 Å². The van der Waals surface area contributed by atoms with Gasteiger partial charge in [0.1, 0.15) is 0 Å². The van der Waals surface area contributed by atoms with Gasteiger partial charge in [-0.3, -0.25) is 4.98 Å². The Morgan fingerprint density at radius 1 is 1.06 bits per heavy atom. The molecule has 0 radical (unpaired) electrons. The second-order valence-electron chi connectivity index (χ2n) is 8.22. The van der Waals surface area contributed by atoms with Gasteiger partial charge in [0.15, 0.2) is 5.11 Å². The second kappa shape index (κ2) is 8.81. The number of aromatic nitrogens is 2. The van der Waals surface area contributed by atoms with Crippen molar-refractivity contribution in [1.82, 2.24) is 19.8 Å². The van der Waals surface area contributed by atoms with Crippen molar-refractivity contribution >= 4 is 17.3 Å². The minimum Gasteiger partial charge on any atom is -0.383 e. The molecule has 1 aliphatic heterocycles. The van der Waals surface area contributed by atoms with Crippen LogP contribution in [0.2, 0.25) is 0 Å². The smallest absolute Gasteiger partial charge is 0.170 e. The number of methoxy groups -OCH3 is 1. The van der Waals surface area contributed by atoms with Crippen molar-refractivity contribution in [2.75, 3.05) is 20.3 Å². The highest BCUT2D eigenvalue weighted by Gasteiger charge is 2.41. The van der Waals surface area contributed by atoms with E-state index in [2.05, 4.69) is 77.8 Å². The summed E-state index contributed by atoms with van der Waals surface area (Å²) in [6.07, 6.45) is 1.84. The van der Waals surface area contributed by atoms with Crippen LogP contribution in [0.3, 0.4) is 0 Å². The fraction of sp³-hybridized carbons (Fsp3) is 0.360. The van der Waals surface area contributed by atoms with Crippen LogP contribution in [0.25, 0.3) is 5.69 Å². The first-order valence-electron chi connectivity index (χ1n) is 10.7. The third-order valence-corrected chi connectivity index (χ3v) is 6.54. The lowest BCUT2D eigenvalue weighted by atomic mass is 9.96. The van der Waals surface area contributed by atoms with Crippen LogP contribution in [0, 0.1) is 27.7 Å². The van der Waals surface area contributed by atoms with E-state index in [1.165, 1.54) is 33.8 Å². The van der Waals surface area contributed by atoms with E-state index in [1.807, 2.05) is 18.3 Å². The van der Waals surface area contributed by atoms with Crippen molar-refractivity contribution in [3.05, 3.63) is 82.4 Å². The van der Waals surface area contributed by atoms with Gasteiger partial charge in [0.25, 0.3) is 0 Å². The zero-order valence-corrected chi connectivity index (χ0v) is 19.7. The molecule has 2 atom stereocenters. The first kappa shape index (κ1) is 21.5. The molecule has 1 aliphatic rings. The molecule has 2 aromatic heterocycles. The largest absolute Gasteiger partial charge is 0.383 e. The van der Waals surface area contributed by atoms with E-state index in [0.29, 0.717) is 6.61 Å². The zero-order valence-electron chi connectivity index (χ0n) is 18.8. The quantitative estimate of drug-likeness (QED) is 0.569. The van der Waals surface area contributed by atoms with Crippen LogP contribution in [0.1, 0.15) is 45.9 Å². The molecule has 1 aromatic carbocycles. The van der Waals surface area contributed by atoms with Crippen molar-refractivity contribution in [3.8, 4) is 5.69 Å². The Hall–Kier alpha value is -2.70. The number of rotatable bonds is 6. The molecular weight excluding hydrogens is 404 g/mol. The van der Waals surface area contributed by atoms with Crippen molar-refractivity contribution in [3.63, 3.8) is 0 Å². The standard InChI is InChI=1S/C25H30N4OS/c1-16-9-8-10-17(2)23(16)29-18(3)15-20(19(29)4)24-22(21-11-6-7-12-26-21)27-25(31)28(24)13-14-30-5/h6-12,15,22,24H,13-14H2,1-5H3,(H,27,31)/t22-,24+/m0/s1. The first-order chi connectivity index (χ1) is 14.9. The van der Waals surface area contributed by atoms with Gasteiger partial charge in [-0.05, 0) is 74.8 Å². The normalized spacial score (nSPS) is 18.5. The average Bonchev–Trinajstić information content (AvgIpc) is 3.23. The van der Waals surface area contributed by atoms with Gasteiger partial charge < -0.3 is 19.5 Å². The summed E-state index contributed by atoms with van der Waals surface area (Å²) in [5.74, 6) is 0. The van der Waals surface area contributed by atoms with Crippen LogP contribution < -0.4 is 5.32 Å². The summed E-state index contributed by atoms with van der Waals surface area (Å²) >= 11 is 5.75. The molecule has 1 fully saturated rings. The number of pyridine rings is 1. The number of aryl methyl sites for hydroxylation is 3. The highest BCUT2D eigenvalue weighted by atomic mass is 32.1. The monoisotopic (exact) mass is 434 g/mol. The molecular formula is C25H30N4OS. The Morgan fingerprint density at radius 3 is 2.45 bits per heavy atom. The number of nitrogens with one attached hydrogen (secondary N) is 1. The summed E-state index contributed by atoms with van der Waals surface area (Å²) in [5.41, 5.74) is 8.50. The van der Waals surface area contributed by atoms with Gasteiger partial charge in [0.2, 0.25) is 0 Å². The Balaban J connectivity index is 1.86. The fourth-order valence-corrected chi connectivity index (χ4v) is 5.10. The highest BCUT2D eigenvalue weighted by Crippen LogP contribution is 2.41. The summed E-state index contributed by atoms with van der Waals surface area (Å²) in [6.45, 7) is 10.1. The lowest BCUT2D eigenvalue weighted by Crippen LogP contribution is -2.32. The maximum atomic E-state index is 5.75. The molecule has 0 saturated carbocycles. The molecule has 1 saturated heterocycles. The van der Waals surface area contributed by atoms with E-state index < -0.39 is 0 Å². The van der Waals surface area contributed by atoms with Crippen LogP contribution in [-0.2, 0) is 4.74 Å². The Bertz CT molecular complexity index is 1070. The van der Waals surface area contributed by atoms with Crippen LogP contribution in [0.15, 0.2) is 48.7 Å². The second-order valence-corrected chi connectivity index (χ2v) is 8.60. The number of hydrogen-bond acceptors (Lipinski definition) is 3. The van der Waals surface area contributed by atoms with Crippen molar-refractivity contribution in [2.45, 2.75) is 39.8 Å². The van der Waals surface area contributed by atoms with Gasteiger partial charge in [0, 0.05) is 31.2 Å². The van der Waals surface area contributed by atoms with Crippen LogP contribution in [-0.4, -0.2) is 39.8 Å². The molecule has 0 aliphatic carbocycles. The highest BCUT2D eigenvalue weighted by molar-refractivity contribution is 7.80. The number of benzene rings is 1. The van der Waals surface area contributed by atoms with Gasteiger partial charge in [-0.1, -0.05) is 24.3 Å². The van der Waals surface area contributed by atoms with Crippen molar-refractivity contribution in [1.29, 1.82) is 0 Å². The molecule has 1 N–H and O–H groups in total. The van der Waals surface area contributed by atoms with Gasteiger partial charge in [-0.25, -0.2) is 0 Å². The topological polar surface area (TPSA) is 42.3 Å². The maximum Gasteiger partial charge on any atom is 0.170 e. The summed E-state index contributed by atoms with van der Waals surface area (Å²) in [7, 11) is 1.73. The van der Waals surface area contributed by atoms with Crippen LogP contribution in [0.4, 0.5) is 0 Å². The zero-order chi connectivity index (χ0) is 22.1. The number of para-hydroxylation sites is 1. The Morgan fingerprint density at radius 2 is 1.81 bits per heavy atom. The van der Waals surface area contributed by atoms with E-state index in [4.69, 9.17) is 17.0 Å². The number of thiocarbonyl (C=S) groups is 1. The molecule has 0 bridgehead atoms. The van der Waals surface area contributed by atoms with Gasteiger partial charge >= 0.3 is 0 Å². The van der Waals surface area contributed by atoms with Crippen molar-refractivity contribution in [2.24, 2.45) is 0 Å². The van der Waals surface area contributed by atoms with Crippen LogP contribution >= 0.6 is 12.2 Å². The fourth-order valence-electron chi connectivity index (χ4n) is 4.76. The van der Waals surface area contributed by atoms with Gasteiger partial charge in [-0.2, -0.15) is 0 Å². The molecule has 0 unspecified atom stereocenters. The number of ether oxygens (including phenoxy) is 1. The van der Waals surface area contributed by atoms with Crippen molar-refractivity contribution < 1.29 is 4.74 Å². The molecule has 3 heterocycles. The van der Waals surface area contributed by atoms with E-state index in [1.54, 1.807) is 7.11 Å². The molecule has 3 aromatic rings. The summed E-state index contributed by atoms with van der Waals surface area (Å²) in [4.78, 5) is 6.89. The van der Waals surface area contributed by atoms with E-state index in [0.717, 1.165) is 17.4 Å². The molecule has 4 rings (SSSR count). The summed E-state index contributed by atoms with van der Waals surface area (Å²) in [5, 5.41) is 4.27. The Kier molecular flexibility index (Phi) is 6.12. The van der Waals surface area contributed by atoms with E-state index in [9.17, 15) is 0 Å². The van der Waals surface area contributed by atoms with Crippen LogP contribution in [0.5, 0.6) is 0 Å². The lowest BCUT2D eigenvalue weighted by molar-refractivity contribution is 0.164. The average molecular weight is 435 g/mol. The SMILES string of the molecule is COCCN1C(=S)N[C@@H](c2ccccn2)[C@H]1c1cc(C)n(-c2c(C)cccc2C)c1C. The predicted molar refractivity (Wildman–Crippen MR) is 129 cm³/mol. The summed E-state index contributed by atoms with van der Waals surface area (Å²) < 4.78 is 7.77. The molecule has 31 heavy (non-hydrogen) atoms. The molecule has 6 heteroatoms. The minimum atomic E-state index is -0.0162. The third-order valence-electron chi connectivity index (χ3n) is 6.19. The predicted octanol–water partition coefficient (Wildman–Crippen LogP) is 4.72. The van der Waals surface area contributed by atoms with Gasteiger partial charge in [0.05, 0.1) is 30.1 Å². The molecule has 0 spiro atoms. The third kappa shape index (κ3) is 3.86. The lowest BCUT2D eigenvalue weighted by Gasteiger charge is -2.28. The molecule has 162 valence electrons. The van der Waals surface area contributed by atoms with E-state index >= 15 is 0 Å². The Labute approximate surface area is 190 Å². The minimum absolute atomic E-state index is 0.0162. The molecule has 5 nitrogen and oxygen atoms in total. The molecule has 0 amide bonds.